The zero-order valence-corrected chi connectivity index (χ0v) is 15.6. The first-order valence-corrected chi connectivity index (χ1v) is 9.72. The van der Waals surface area contributed by atoms with E-state index >= 15 is 0 Å². The Morgan fingerprint density at radius 2 is 2.11 bits per heavy atom. The molecule has 1 aliphatic heterocycles. The van der Waals surface area contributed by atoms with Gasteiger partial charge in [-0.05, 0) is 18.6 Å². The standard InChI is InChI=1S/C22H26O5/c1-2-3-4-5-9-12-17(23)21-16-13-20(24)26-18(16)14-19(21)27-22(25)15-10-7-6-8-11-15/h6-8,10-11,16-19,21,23H,2-5,13-14H2,1H3/t16-,17+,18-,19+,21-/m0/s1. The number of carbonyl (C=O) groups excluding carboxylic acids is 2. The molecule has 1 saturated carbocycles. The molecule has 5 atom stereocenters. The summed E-state index contributed by atoms with van der Waals surface area (Å²) in [5.41, 5.74) is 0.463. The minimum Gasteiger partial charge on any atom is -0.462 e. The van der Waals surface area contributed by atoms with Gasteiger partial charge in [0.05, 0.1) is 12.0 Å². The Labute approximate surface area is 160 Å². The van der Waals surface area contributed by atoms with Crippen LogP contribution in [0, 0.1) is 23.7 Å². The highest BCUT2D eigenvalue weighted by atomic mass is 16.6. The van der Waals surface area contributed by atoms with Gasteiger partial charge in [0.2, 0.25) is 0 Å². The topological polar surface area (TPSA) is 72.8 Å². The monoisotopic (exact) mass is 370 g/mol. The number of esters is 2. The lowest BCUT2D eigenvalue weighted by molar-refractivity contribution is -0.141. The van der Waals surface area contributed by atoms with Crippen molar-refractivity contribution in [3.05, 3.63) is 35.9 Å². The zero-order chi connectivity index (χ0) is 19.2. The third kappa shape index (κ3) is 4.70. The molecule has 27 heavy (non-hydrogen) atoms. The van der Waals surface area contributed by atoms with Gasteiger partial charge in [0.25, 0.3) is 0 Å². The van der Waals surface area contributed by atoms with Crippen LogP contribution in [0.3, 0.4) is 0 Å². The number of benzene rings is 1. The van der Waals surface area contributed by atoms with Crippen LogP contribution < -0.4 is 0 Å². The molecule has 0 radical (unpaired) electrons. The smallest absolute Gasteiger partial charge is 0.338 e. The van der Waals surface area contributed by atoms with E-state index in [1.165, 1.54) is 0 Å². The molecule has 2 fully saturated rings. The van der Waals surface area contributed by atoms with Gasteiger partial charge in [-0.3, -0.25) is 4.79 Å². The molecule has 0 bridgehead atoms. The average molecular weight is 370 g/mol. The van der Waals surface area contributed by atoms with Crippen molar-refractivity contribution in [2.45, 2.75) is 63.8 Å². The van der Waals surface area contributed by atoms with E-state index in [2.05, 4.69) is 18.8 Å². The summed E-state index contributed by atoms with van der Waals surface area (Å²) < 4.78 is 11.0. The van der Waals surface area contributed by atoms with Crippen molar-refractivity contribution in [1.82, 2.24) is 0 Å². The van der Waals surface area contributed by atoms with Crippen molar-refractivity contribution in [3.63, 3.8) is 0 Å². The van der Waals surface area contributed by atoms with Gasteiger partial charge in [0, 0.05) is 24.7 Å². The van der Waals surface area contributed by atoms with E-state index < -0.39 is 24.1 Å². The summed E-state index contributed by atoms with van der Waals surface area (Å²) >= 11 is 0. The summed E-state index contributed by atoms with van der Waals surface area (Å²) in [4.78, 5) is 24.1. The number of fused-ring (bicyclic) bond motifs is 1. The lowest BCUT2D eigenvalue weighted by Gasteiger charge is -2.24. The van der Waals surface area contributed by atoms with Crippen LogP contribution in [0.4, 0.5) is 0 Å². The molecular weight excluding hydrogens is 344 g/mol. The van der Waals surface area contributed by atoms with Crippen LogP contribution in [-0.2, 0) is 14.3 Å². The Balaban J connectivity index is 1.70. The molecule has 1 N–H and O–H groups in total. The molecule has 1 saturated heterocycles. The van der Waals surface area contributed by atoms with Crippen LogP contribution in [0.2, 0.25) is 0 Å². The number of rotatable bonds is 6. The highest BCUT2D eigenvalue weighted by molar-refractivity contribution is 5.89. The number of unbranched alkanes of at least 4 members (excludes halogenated alkanes) is 3. The number of carbonyl (C=O) groups is 2. The molecule has 5 heteroatoms. The minimum atomic E-state index is -0.940. The van der Waals surface area contributed by atoms with E-state index in [-0.39, 0.29) is 24.4 Å². The molecule has 5 nitrogen and oxygen atoms in total. The number of aliphatic hydroxyl groups is 1. The van der Waals surface area contributed by atoms with Crippen molar-refractivity contribution in [2.24, 2.45) is 11.8 Å². The molecule has 1 heterocycles. The van der Waals surface area contributed by atoms with Gasteiger partial charge < -0.3 is 14.6 Å². The van der Waals surface area contributed by atoms with Gasteiger partial charge in [0.15, 0.2) is 0 Å². The number of hydrogen-bond donors (Lipinski definition) is 1. The van der Waals surface area contributed by atoms with Gasteiger partial charge in [-0.25, -0.2) is 4.79 Å². The normalized spacial score (nSPS) is 27.3. The first-order valence-electron chi connectivity index (χ1n) is 9.72. The van der Waals surface area contributed by atoms with Crippen LogP contribution in [-0.4, -0.2) is 35.4 Å². The van der Waals surface area contributed by atoms with Crippen LogP contribution in [0.5, 0.6) is 0 Å². The molecule has 0 unspecified atom stereocenters. The highest BCUT2D eigenvalue weighted by Crippen LogP contribution is 2.44. The maximum atomic E-state index is 12.4. The molecule has 1 aliphatic carbocycles. The van der Waals surface area contributed by atoms with E-state index in [0.29, 0.717) is 12.0 Å². The maximum absolute atomic E-state index is 12.4. The van der Waals surface area contributed by atoms with E-state index in [9.17, 15) is 14.7 Å². The molecule has 1 aromatic carbocycles. The van der Waals surface area contributed by atoms with Crippen molar-refractivity contribution in [3.8, 4) is 11.8 Å². The second kappa shape index (κ2) is 9.05. The fourth-order valence-corrected chi connectivity index (χ4v) is 3.98. The van der Waals surface area contributed by atoms with E-state index in [1.807, 2.05) is 6.07 Å². The molecule has 0 spiro atoms. The predicted octanol–water partition coefficient (Wildman–Crippen LogP) is 3.11. The first kappa shape index (κ1) is 19.4. The van der Waals surface area contributed by atoms with Gasteiger partial charge in [-0.15, -0.1) is 5.92 Å². The second-order valence-corrected chi connectivity index (χ2v) is 7.24. The maximum Gasteiger partial charge on any atom is 0.338 e. The summed E-state index contributed by atoms with van der Waals surface area (Å²) in [7, 11) is 0. The highest BCUT2D eigenvalue weighted by Gasteiger charge is 2.54. The van der Waals surface area contributed by atoms with E-state index in [0.717, 1.165) is 25.7 Å². The summed E-state index contributed by atoms with van der Waals surface area (Å²) in [6.07, 6.45) is 2.85. The number of hydrogen-bond acceptors (Lipinski definition) is 5. The molecule has 0 amide bonds. The van der Waals surface area contributed by atoms with Crippen molar-refractivity contribution >= 4 is 11.9 Å². The minimum absolute atomic E-state index is 0.161. The lowest BCUT2D eigenvalue weighted by atomic mass is 9.87. The van der Waals surface area contributed by atoms with Crippen LogP contribution in [0.15, 0.2) is 30.3 Å². The molecule has 1 aromatic rings. The Kier molecular flexibility index (Phi) is 6.52. The Morgan fingerprint density at radius 1 is 1.33 bits per heavy atom. The Hall–Kier alpha value is -2.32. The fraction of sp³-hybridized carbons (Fsp3) is 0.545. The SMILES string of the molecule is CCCCCC#C[C@@H](O)[C@@H]1[C@H]2CC(=O)O[C@H]2C[C@H]1OC(=O)c1ccccc1. The Bertz CT molecular complexity index is 717. The average Bonchev–Trinajstić information content (AvgIpc) is 3.17. The summed E-state index contributed by atoms with van der Waals surface area (Å²) in [6, 6.07) is 8.76. The summed E-state index contributed by atoms with van der Waals surface area (Å²) in [5.74, 6) is 4.67. The number of aliphatic hydroxyl groups excluding tert-OH is 1. The van der Waals surface area contributed by atoms with Crippen molar-refractivity contribution in [1.29, 1.82) is 0 Å². The molecule has 0 aromatic heterocycles. The largest absolute Gasteiger partial charge is 0.462 e. The molecule has 2 aliphatic rings. The van der Waals surface area contributed by atoms with Crippen LogP contribution in [0.1, 0.15) is 55.8 Å². The molecular formula is C22H26O5. The van der Waals surface area contributed by atoms with Gasteiger partial charge in [-0.2, -0.15) is 0 Å². The van der Waals surface area contributed by atoms with Gasteiger partial charge >= 0.3 is 11.9 Å². The zero-order valence-electron chi connectivity index (χ0n) is 15.6. The third-order valence-corrected chi connectivity index (χ3v) is 5.34. The second-order valence-electron chi connectivity index (χ2n) is 7.24. The van der Waals surface area contributed by atoms with Crippen LogP contribution in [0.25, 0.3) is 0 Å². The Morgan fingerprint density at radius 3 is 2.85 bits per heavy atom. The third-order valence-electron chi connectivity index (χ3n) is 5.34. The van der Waals surface area contributed by atoms with Gasteiger partial charge in [0.1, 0.15) is 18.3 Å². The summed E-state index contributed by atoms with van der Waals surface area (Å²) in [5, 5.41) is 10.7. The molecule has 3 rings (SSSR count). The van der Waals surface area contributed by atoms with Crippen molar-refractivity contribution < 1.29 is 24.2 Å². The van der Waals surface area contributed by atoms with E-state index in [4.69, 9.17) is 9.47 Å². The van der Waals surface area contributed by atoms with Crippen LogP contribution >= 0.6 is 0 Å². The number of ether oxygens (including phenoxy) is 2. The predicted molar refractivity (Wildman–Crippen MR) is 99.7 cm³/mol. The lowest BCUT2D eigenvalue weighted by Crippen LogP contribution is -2.34. The fourth-order valence-electron chi connectivity index (χ4n) is 3.98. The van der Waals surface area contributed by atoms with E-state index in [1.54, 1.807) is 24.3 Å². The summed E-state index contributed by atoms with van der Waals surface area (Å²) in [6.45, 7) is 2.13. The first-order chi connectivity index (χ1) is 13.1. The quantitative estimate of drug-likeness (QED) is 0.473. The van der Waals surface area contributed by atoms with Crippen molar-refractivity contribution in [2.75, 3.05) is 0 Å². The van der Waals surface area contributed by atoms with Gasteiger partial charge in [-0.1, -0.05) is 43.9 Å². The molecule has 144 valence electrons.